The van der Waals surface area contributed by atoms with Crippen molar-refractivity contribution in [1.29, 1.82) is 0 Å². The molecule has 2 aromatic carbocycles. The van der Waals surface area contributed by atoms with Gasteiger partial charge in [-0.15, -0.1) is 21.5 Å². The summed E-state index contributed by atoms with van der Waals surface area (Å²) in [4.78, 5) is 42.2. The lowest BCUT2D eigenvalue weighted by molar-refractivity contribution is -0.132. The summed E-state index contributed by atoms with van der Waals surface area (Å²) in [5, 5.41) is 21.6. The van der Waals surface area contributed by atoms with E-state index in [-0.39, 0.29) is 28.0 Å². The Bertz CT molecular complexity index is 1630. The molecule has 2 N–H and O–H groups in total. The molecule has 0 spiro atoms. The van der Waals surface area contributed by atoms with Gasteiger partial charge in [0.1, 0.15) is 17.2 Å². The van der Waals surface area contributed by atoms with Crippen molar-refractivity contribution in [2.24, 2.45) is 0 Å². The van der Waals surface area contributed by atoms with Gasteiger partial charge in [0.05, 0.1) is 0 Å². The number of aromatic carboxylic acids is 1. The number of rotatable bonds is 9. The highest BCUT2D eigenvalue weighted by atomic mass is 32.1. The second-order valence-corrected chi connectivity index (χ2v) is 11.1. The number of anilines is 1. The fourth-order valence-electron chi connectivity index (χ4n) is 4.98. The van der Waals surface area contributed by atoms with E-state index >= 15 is 0 Å². The minimum Gasteiger partial charge on any atom is -0.480 e. The number of carboxylic acids is 1. The predicted octanol–water partition coefficient (Wildman–Crippen LogP) is 5.20. The average Bonchev–Trinajstić information content (AvgIpc) is 3.79. The molecule has 2 fully saturated rings. The molecule has 2 aromatic heterocycles. The zero-order valence-corrected chi connectivity index (χ0v) is 23.4. The van der Waals surface area contributed by atoms with Crippen molar-refractivity contribution in [3.05, 3.63) is 65.0 Å². The van der Waals surface area contributed by atoms with E-state index in [2.05, 4.69) is 20.5 Å². The Morgan fingerprint density at radius 2 is 1.81 bits per heavy atom. The van der Waals surface area contributed by atoms with E-state index in [4.69, 9.17) is 19.0 Å². The first-order valence-corrected chi connectivity index (χ1v) is 14.4. The summed E-state index contributed by atoms with van der Waals surface area (Å²) in [5.74, 6) is 0.620. The Labute approximate surface area is 244 Å². The maximum atomic E-state index is 13.1. The van der Waals surface area contributed by atoms with Crippen molar-refractivity contribution >= 4 is 34.3 Å². The number of hydrogen-bond donors (Lipinski definition) is 2. The Morgan fingerprint density at radius 1 is 1.05 bits per heavy atom. The zero-order chi connectivity index (χ0) is 29.2. The highest BCUT2D eigenvalue weighted by molar-refractivity contribution is 7.14. The lowest BCUT2D eigenvalue weighted by atomic mass is 10.1. The van der Waals surface area contributed by atoms with Gasteiger partial charge >= 0.3 is 5.97 Å². The predicted molar refractivity (Wildman–Crippen MR) is 151 cm³/mol. The van der Waals surface area contributed by atoms with Crippen LogP contribution in [0.4, 0.5) is 5.13 Å². The van der Waals surface area contributed by atoms with Crippen LogP contribution in [0.1, 0.15) is 64.8 Å². The summed E-state index contributed by atoms with van der Waals surface area (Å²) in [6.45, 7) is 0.567. The highest BCUT2D eigenvalue weighted by Gasteiger charge is 2.31. The zero-order valence-electron chi connectivity index (χ0n) is 22.6. The molecule has 12 nitrogen and oxygen atoms in total. The molecule has 2 amide bonds. The summed E-state index contributed by atoms with van der Waals surface area (Å²) >= 11 is 0.993. The fourth-order valence-corrected chi connectivity index (χ4v) is 5.66. The van der Waals surface area contributed by atoms with Gasteiger partial charge in [0.2, 0.25) is 11.8 Å². The van der Waals surface area contributed by atoms with Crippen LogP contribution in [-0.2, 0) is 4.79 Å². The summed E-state index contributed by atoms with van der Waals surface area (Å²) in [6.07, 6.45) is 4.31. The first-order valence-electron chi connectivity index (χ1n) is 13.5. The quantitative estimate of drug-likeness (QED) is 0.266. The number of carboxylic acid groups (broad SMARTS) is 1. The van der Waals surface area contributed by atoms with E-state index in [9.17, 15) is 14.4 Å². The summed E-state index contributed by atoms with van der Waals surface area (Å²) in [6, 6.07) is 11.8. The van der Waals surface area contributed by atoms with Gasteiger partial charge in [0.25, 0.3) is 11.8 Å². The topological polar surface area (TPSA) is 157 Å². The van der Waals surface area contributed by atoms with E-state index in [1.807, 2.05) is 12.1 Å². The Kier molecular flexibility index (Phi) is 7.57. The molecule has 1 unspecified atom stereocenters. The molecule has 1 atom stereocenters. The summed E-state index contributed by atoms with van der Waals surface area (Å²) < 4.78 is 18.0. The van der Waals surface area contributed by atoms with Crippen LogP contribution in [0.2, 0.25) is 0 Å². The van der Waals surface area contributed by atoms with Gasteiger partial charge in [-0.05, 0) is 49.2 Å². The molecule has 3 heterocycles. The lowest BCUT2D eigenvalue weighted by Crippen LogP contribution is -2.29. The SMILES string of the molecule is CN1CCC(Oc2cc(Oc3ccc(-c4nnc(C5CCCC5)o4)cc3)cc(C(=O)Nc3nc(C(=O)O)cs3)c2)C1=O. The molecular weight excluding hydrogens is 562 g/mol. The van der Waals surface area contributed by atoms with Crippen LogP contribution in [0.15, 0.2) is 52.3 Å². The third-order valence-corrected chi connectivity index (χ3v) is 7.98. The van der Waals surface area contributed by atoms with Crippen molar-refractivity contribution in [2.45, 2.75) is 44.1 Å². The number of likely N-dealkylation sites (tertiary alicyclic amines) is 1. The van der Waals surface area contributed by atoms with Gasteiger partial charge < -0.3 is 23.9 Å². The number of nitrogens with one attached hydrogen (secondary N) is 1. The van der Waals surface area contributed by atoms with Crippen LogP contribution in [0.25, 0.3) is 11.5 Å². The third kappa shape index (κ3) is 5.96. The molecule has 2 aliphatic rings. The Morgan fingerprint density at radius 3 is 2.50 bits per heavy atom. The number of aromatic nitrogens is 3. The van der Waals surface area contributed by atoms with Gasteiger partial charge in [-0.2, -0.15) is 0 Å². The maximum Gasteiger partial charge on any atom is 0.355 e. The number of carbonyl (C=O) groups is 3. The minimum absolute atomic E-state index is 0.131. The molecule has 42 heavy (non-hydrogen) atoms. The summed E-state index contributed by atoms with van der Waals surface area (Å²) in [7, 11) is 1.71. The molecule has 0 bridgehead atoms. The standard InChI is InChI=1S/C29H27N5O7S/c1-34-11-10-23(27(34)36)40-21-13-18(24(35)31-29-30-22(15-42-29)28(37)38)12-20(14-21)39-19-8-6-17(7-9-19)26-33-32-25(41-26)16-4-2-3-5-16/h6-9,12-16,23H,2-5,10-11H2,1H3,(H,37,38)(H,30,31,35). The molecule has 216 valence electrons. The van der Waals surface area contributed by atoms with Crippen molar-refractivity contribution in [3.63, 3.8) is 0 Å². The molecule has 1 aliphatic carbocycles. The van der Waals surface area contributed by atoms with E-state index < -0.39 is 18.0 Å². The minimum atomic E-state index is -1.19. The fraction of sp³-hybridized carbons (Fsp3) is 0.310. The van der Waals surface area contributed by atoms with Crippen LogP contribution in [-0.4, -0.2) is 62.7 Å². The number of thiazole rings is 1. The van der Waals surface area contributed by atoms with E-state index in [0.717, 1.165) is 29.7 Å². The largest absolute Gasteiger partial charge is 0.480 e. The van der Waals surface area contributed by atoms with Gasteiger partial charge in [-0.3, -0.25) is 14.9 Å². The van der Waals surface area contributed by atoms with E-state index in [1.54, 1.807) is 30.1 Å². The second kappa shape index (κ2) is 11.6. The molecule has 0 radical (unpaired) electrons. The summed E-state index contributed by atoms with van der Waals surface area (Å²) in [5.41, 5.74) is 0.763. The number of likely N-dealkylation sites (N-methyl/N-ethyl adjacent to an activating group) is 1. The Hall–Kier alpha value is -4.78. The lowest BCUT2D eigenvalue weighted by Gasteiger charge is -2.15. The number of carbonyl (C=O) groups excluding carboxylic acids is 2. The molecule has 6 rings (SSSR count). The van der Waals surface area contributed by atoms with Gasteiger partial charge in [0.15, 0.2) is 16.9 Å². The van der Waals surface area contributed by atoms with Crippen molar-refractivity contribution in [3.8, 4) is 28.7 Å². The number of nitrogens with zero attached hydrogens (tertiary/aromatic N) is 4. The van der Waals surface area contributed by atoms with Gasteiger partial charge in [0, 0.05) is 48.5 Å². The van der Waals surface area contributed by atoms with Crippen LogP contribution >= 0.6 is 11.3 Å². The normalized spacial score (nSPS) is 17.0. The highest BCUT2D eigenvalue weighted by Crippen LogP contribution is 2.35. The van der Waals surface area contributed by atoms with Crippen molar-refractivity contribution in [1.82, 2.24) is 20.1 Å². The number of benzene rings is 2. The van der Waals surface area contributed by atoms with E-state index in [1.165, 1.54) is 30.4 Å². The molecular formula is C29H27N5O7S. The van der Waals surface area contributed by atoms with Crippen LogP contribution in [0, 0.1) is 0 Å². The first kappa shape index (κ1) is 27.4. The first-order chi connectivity index (χ1) is 20.3. The molecule has 4 aromatic rings. The van der Waals surface area contributed by atoms with Crippen LogP contribution in [0.5, 0.6) is 17.2 Å². The molecule has 1 aliphatic heterocycles. The smallest absolute Gasteiger partial charge is 0.355 e. The van der Waals surface area contributed by atoms with Crippen LogP contribution in [0.3, 0.4) is 0 Å². The Balaban J connectivity index is 1.22. The number of amides is 2. The van der Waals surface area contributed by atoms with Crippen molar-refractivity contribution in [2.75, 3.05) is 18.9 Å². The maximum absolute atomic E-state index is 13.1. The van der Waals surface area contributed by atoms with Crippen LogP contribution < -0.4 is 14.8 Å². The van der Waals surface area contributed by atoms with E-state index in [0.29, 0.717) is 42.2 Å². The molecule has 1 saturated heterocycles. The monoisotopic (exact) mass is 589 g/mol. The molecule has 13 heteroatoms. The van der Waals surface area contributed by atoms with Crippen molar-refractivity contribution < 1.29 is 33.4 Å². The molecule has 1 saturated carbocycles. The second-order valence-electron chi connectivity index (χ2n) is 10.2. The van der Waals surface area contributed by atoms with Gasteiger partial charge in [-0.1, -0.05) is 12.8 Å². The number of ether oxygens (including phenoxy) is 2. The number of hydrogen-bond acceptors (Lipinski definition) is 10. The third-order valence-electron chi connectivity index (χ3n) is 7.22. The van der Waals surface area contributed by atoms with Gasteiger partial charge in [-0.25, -0.2) is 9.78 Å². The average molecular weight is 590 g/mol.